The van der Waals surface area contributed by atoms with Gasteiger partial charge in [-0.05, 0) is 37.5 Å². The van der Waals surface area contributed by atoms with Crippen LogP contribution in [-0.4, -0.2) is 24.2 Å². The molecule has 0 heterocycles. The van der Waals surface area contributed by atoms with Gasteiger partial charge < -0.3 is 9.47 Å². The van der Waals surface area contributed by atoms with Crippen molar-refractivity contribution < 1.29 is 32.2 Å². The van der Waals surface area contributed by atoms with E-state index < -0.39 is 24.2 Å². The third kappa shape index (κ3) is 7.17. The van der Waals surface area contributed by atoms with Crippen LogP contribution in [-0.2, 0) is 20.7 Å². The first-order chi connectivity index (χ1) is 10.7. The minimum Gasteiger partial charge on any atom is -0.453 e. The summed E-state index contributed by atoms with van der Waals surface area (Å²) in [5.41, 5.74) is 1.01. The molecular formula is C16H19F3O4. The molecule has 23 heavy (non-hydrogen) atoms. The molecule has 0 spiro atoms. The molecule has 0 aliphatic heterocycles. The Bertz CT molecular complexity index is 540. The molecule has 0 radical (unpaired) electrons. The van der Waals surface area contributed by atoms with Crippen molar-refractivity contribution in [3.63, 3.8) is 0 Å². The Morgan fingerprint density at radius 2 is 1.83 bits per heavy atom. The van der Waals surface area contributed by atoms with E-state index in [2.05, 4.69) is 4.74 Å². The van der Waals surface area contributed by atoms with Crippen LogP contribution >= 0.6 is 0 Å². The third-order valence-corrected chi connectivity index (χ3v) is 3.07. The van der Waals surface area contributed by atoms with Crippen LogP contribution in [0.2, 0.25) is 0 Å². The Labute approximate surface area is 132 Å². The van der Waals surface area contributed by atoms with Crippen molar-refractivity contribution in [3.8, 4) is 5.75 Å². The highest BCUT2D eigenvalue weighted by molar-refractivity contribution is 5.74. The Kier molecular flexibility index (Phi) is 7.06. The van der Waals surface area contributed by atoms with Crippen molar-refractivity contribution in [1.82, 2.24) is 0 Å². The van der Waals surface area contributed by atoms with E-state index in [0.29, 0.717) is 5.75 Å². The predicted octanol–water partition coefficient (Wildman–Crippen LogP) is 3.82. The Morgan fingerprint density at radius 1 is 1.17 bits per heavy atom. The molecule has 7 heteroatoms. The molecule has 128 valence electrons. The van der Waals surface area contributed by atoms with Gasteiger partial charge in [0.15, 0.2) is 6.10 Å². The molecule has 0 aliphatic rings. The van der Waals surface area contributed by atoms with Gasteiger partial charge in [0.2, 0.25) is 0 Å². The van der Waals surface area contributed by atoms with E-state index in [0.717, 1.165) is 18.9 Å². The van der Waals surface area contributed by atoms with E-state index in [1.54, 1.807) is 18.2 Å². The van der Waals surface area contributed by atoms with Crippen LogP contribution in [0.1, 0.15) is 38.7 Å². The van der Waals surface area contributed by atoms with E-state index in [9.17, 15) is 22.8 Å². The molecule has 0 bridgehead atoms. The van der Waals surface area contributed by atoms with E-state index >= 15 is 0 Å². The lowest BCUT2D eigenvalue weighted by Gasteiger charge is -2.16. The standard InChI is InChI=1S/C16H19F3O4/c1-3-12-6-4-7-13(10-12)23-15(21)9-5-8-14(20)22-11(2)16(17,18)19/h4,6-7,10-11H,3,5,8-9H2,1-2H3. The summed E-state index contributed by atoms with van der Waals surface area (Å²) in [6.45, 7) is 2.72. The first-order valence-electron chi connectivity index (χ1n) is 7.28. The van der Waals surface area contributed by atoms with Gasteiger partial charge in [0.05, 0.1) is 0 Å². The van der Waals surface area contributed by atoms with Crippen molar-refractivity contribution in [2.24, 2.45) is 0 Å². The number of ether oxygens (including phenoxy) is 2. The van der Waals surface area contributed by atoms with Crippen molar-refractivity contribution in [3.05, 3.63) is 29.8 Å². The highest BCUT2D eigenvalue weighted by Crippen LogP contribution is 2.23. The highest BCUT2D eigenvalue weighted by Gasteiger charge is 2.38. The largest absolute Gasteiger partial charge is 0.453 e. The highest BCUT2D eigenvalue weighted by atomic mass is 19.4. The first-order valence-corrected chi connectivity index (χ1v) is 7.28. The molecule has 0 aromatic heterocycles. The lowest BCUT2D eigenvalue weighted by Crippen LogP contribution is -2.30. The van der Waals surface area contributed by atoms with Gasteiger partial charge in [-0.15, -0.1) is 0 Å². The number of rotatable bonds is 7. The number of esters is 2. The van der Waals surface area contributed by atoms with Gasteiger partial charge in [0.25, 0.3) is 0 Å². The maximum absolute atomic E-state index is 12.2. The van der Waals surface area contributed by atoms with Crippen molar-refractivity contribution in [2.75, 3.05) is 0 Å². The second-order valence-corrected chi connectivity index (χ2v) is 5.00. The lowest BCUT2D eigenvalue weighted by molar-refractivity contribution is -0.216. The molecule has 0 fully saturated rings. The summed E-state index contributed by atoms with van der Waals surface area (Å²) in [5, 5.41) is 0. The van der Waals surface area contributed by atoms with Crippen molar-refractivity contribution >= 4 is 11.9 Å². The summed E-state index contributed by atoms with van der Waals surface area (Å²) in [4.78, 5) is 22.9. The molecule has 1 aromatic rings. The fourth-order valence-corrected chi connectivity index (χ4v) is 1.71. The zero-order valence-corrected chi connectivity index (χ0v) is 13.0. The second kappa shape index (κ2) is 8.55. The van der Waals surface area contributed by atoms with Crippen LogP contribution in [0.15, 0.2) is 24.3 Å². The second-order valence-electron chi connectivity index (χ2n) is 5.00. The molecular weight excluding hydrogens is 313 g/mol. The number of hydrogen-bond donors (Lipinski definition) is 0. The monoisotopic (exact) mass is 332 g/mol. The van der Waals surface area contributed by atoms with Crippen LogP contribution in [0.5, 0.6) is 5.75 Å². The van der Waals surface area contributed by atoms with Gasteiger partial charge in [-0.2, -0.15) is 13.2 Å². The summed E-state index contributed by atoms with van der Waals surface area (Å²) < 4.78 is 46.0. The number of aryl methyl sites for hydroxylation is 1. The van der Waals surface area contributed by atoms with E-state index in [1.807, 2.05) is 13.0 Å². The fourth-order valence-electron chi connectivity index (χ4n) is 1.71. The molecule has 0 amide bonds. The van der Waals surface area contributed by atoms with E-state index in [4.69, 9.17) is 4.74 Å². The SMILES string of the molecule is CCc1cccc(OC(=O)CCCC(=O)OC(C)C(F)(F)F)c1. The maximum atomic E-state index is 12.2. The Balaban J connectivity index is 2.32. The first kappa shape index (κ1) is 19.0. The van der Waals surface area contributed by atoms with Crippen LogP contribution in [0.25, 0.3) is 0 Å². The zero-order valence-electron chi connectivity index (χ0n) is 13.0. The molecule has 0 saturated carbocycles. The molecule has 1 unspecified atom stereocenters. The molecule has 1 atom stereocenters. The normalized spacial score (nSPS) is 12.6. The van der Waals surface area contributed by atoms with E-state index in [1.165, 1.54) is 0 Å². The smallest absolute Gasteiger partial charge is 0.425 e. The van der Waals surface area contributed by atoms with Crippen molar-refractivity contribution in [2.45, 2.75) is 51.8 Å². The molecule has 0 N–H and O–H groups in total. The number of alkyl halides is 3. The molecule has 0 aliphatic carbocycles. The zero-order chi connectivity index (χ0) is 17.5. The minimum atomic E-state index is -4.58. The minimum absolute atomic E-state index is 0.0652. The van der Waals surface area contributed by atoms with Crippen LogP contribution in [0.4, 0.5) is 13.2 Å². The number of carbonyl (C=O) groups excluding carboxylic acids is 2. The van der Waals surface area contributed by atoms with Crippen molar-refractivity contribution in [1.29, 1.82) is 0 Å². The molecule has 4 nitrogen and oxygen atoms in total. The summed E-state index contributed by atoms with van der Waals surface area (Å²) in [6, 6.07) is 7.03. The number of hydrogen-bond acceptors (Lipinski definition) is 4. The Hall–Kier alpha value is -2.05. The molecule has 0 saturated heterocycles. The Morgan fingerprint density at radius 3 is 2.43 bits per heavy atom. The lowest BCUT2D eigenvalue weighted by atomic mass is 10.2. The number of benzene rings is 1. The molecule has 1 rings (SSSR count). The van der Waals surface area contributed by atoms with Gasteiger partial charge >= 0.3 is 18.1 Å². The summed E-state index contributed by atoms with van der Waals surface area (Å²) in [5.74, 6) is -1.13. The van der Waals surface area contributed by atoms with Gasteiger partial charge in [-0.3, -0.25) is 9.59 Å². The predicted molar refractivity (Wildman–Crippen MR) is 76.9 cm³/mol. The average molecular weight is 332 g/mol. The summed E-state index contributed by atoms with van der Waals surface area (Å²) >= 11 is 0. The third-order valence-electron chi connectivity index (χ3n) is 3.07. The topological polar surface area (TPSA) is 52.6 Å². The van der Waals surface area contributed by atoms with Gasteiger partial charge in [0, 0.05) is 12.8 Å². The van der Waals surface area contributed by atoms with Gasteiger partial charge in [0.1, 0.15) is 5.75 Å². The summed E-state index contributed by atoms with van der Waals surface area (Å²) in [6.07, 6.45) is -6.22. The van der Waals surface area contributed by atoms with Gasteiger partial charge in [-0.25, -0.2) is 0 Å². The number of halogens is 3. The number of carbonyl (C=O) groups is 2. The fraction of sp³-hybridized carbons (Fsp3) is 0.500. The quantitative estimate of drug-likeness (QED) is 0.563. The average Bonchev–Trinajstić information content (AvgIpc) is 2.46. The van der Waals surface area contributed by atoms with Crippen LogP contribution < -0.4 is 4.74 Å². The summed E-state index contributed by atoms with van der Waals surface area (Å²) in [7, 11) is 0. The van der Waals surface area contributed by atoms with Crippen LogP contribution in [0, 0.1) is 0 Å². The molecule has 1 aromatic carbocycles. The van der Waals surface area contributed by atoms with E-state index in [-0.39, 0.29) is 19.3 Å². The van der Waals surface area contributed by atoms with Gasteiger partial charge in [-0.1, -0.05) is 19.1 Å². The van der Waals surface area contributed by atoms with Crippen LogP contribution in [0.3, 0.4) is 0 Å². The maximum Gasteiger partial charge on any atom is 0.425 e.